The van der Waals surface area contributed by atoms with Crippen molar-refractivity contribution in [3.05, 3.63) is 84.4 Å². The molecule has 10 heteroatoms. The summed E-state index contributed by atoms with van der Waals surface area (Å²) in [6.07, 6.45) is 2.06. The molecule has 0 fully saturated rings. The first-order valence-corrected chi connectivity index (χ1v) is 15.7. The van der Waals surface area contributed by atoms with Crippen molar-refractivity contribution in [1.29, 1.82) is 0 Å². The minimum Gasteiger partial charge on any atom is -0.497 e. The third-order valence-corrected chi connectivity index (χ3v) is 8.52. The summed E-state index contributed by atoms with van der Waals surface area (Å²) in [5.41, 5.74) is 0.980. The van der Waals surface area contributed by atoms with Crippen LogP contribution in [0.1, 0.15) is 45.6 Å². The monoisotopic (exact) mass is 595 g/mol. The molecular weight excluding hydrogens is 554 g/mol. The van der Waals surface area contributed by atoms with Crippen LogP contribution >= 0.6 is 0 Å². The van der Waals surface area contributed by atoms with Gasteiger partial charge in [0, 0.05) is 13.1 Å². The Hall–Kier alpha value is -4.05. The van der Waals surface area contributed by atoms with E-state index < -0.39 is 28.5 Å². The van der Waals surface area contributed by atoms with Gasteiger partial charge in [0.15, 0.2) is 0 Å². The highest BCUT2D eigenvalue weighted by Crippen LogP contribution is 2.33. The van der Waals surface area contributed by atoms with E-state index in [0.717, 1.165) is 22.7 Å². The van der Waals surface area contributed by atoms with Crippen molar-refractivity contribution in [2.75, 3.05) is 31.1 Å². The van der Waals surface area contributed by atoms with E-state index in [-0.39, 0.29) is 23.0 Å². The summed E-state index contributed by atoms with van der Waals surface area (Å²) in [5.74, 6) is 0.130. The van der Waals surface area contributed by atoms with Crippen LogP contribution in [-0.2, 0) is 26.2 Å². The average molecular weight is 596 g/mol. The maximum Gasteiger partial charge on any atom is 0.264 e. The average Bonchev–Trinajstić information content (AvgIpc) is 3.00. The molecule has 0 aliphatic rings. The van der Waals surface area contributed by atoms with Gasteiger partial charge in [-0.05, 0) is 61.7 Å². The first-order valence-electron chi connectivity index (χ1n) is 14.3. The van der Waals surface area contributed by atoms with Crippen LogP contribution in [0.2, 0.25) is 0 Å². The zero-order valence-electron chi connectivity index (χ0n) is 24.8. The summed E-state index contributed by atoms with van der Waals surface area (Å²) in [4.78, 5) is 29.1. The van der Waals surface area contributed by atoms with Gasteiger partial charge in [-0.15, -0.1) is 0 Å². The predicted octanol–water partition coefficient (Wildman–Crippen LogP) is 5.01. The predicted molar refractivity (Wildman–Crippen MR) is 164 cm³/mol. The Morgan fingerprint density at radius 3 is 2.31 bits per heavy atom. The molecule has 3 aromatic carbocycles. The summed E-state index contributed by atoms with van der Waals surface area (Å²) in [7, 11) is -2.64. The van der Waals surface area contributed by atoms with Crippen LogP contribution in [0.5, 0.6) is 11.5 Å². The van der Waals surface area contributed by atoms with Crippen molar-refractivity contribution in [3.8, 4) is 11.5 Å². The number of methoxy groups -OCH3 is 1. The minimum absolute atomic E-state index is 0.0350. The number of rotatable bonds is 16. The van der Waals surface area contributed by atoms with Gasteiger partial charge in [0.25, 0.3) is 10.0 Å². The number of para-hydroxylation sites is 2. The van der Waals surface area contributed by atoms with Crippen molar-refractivity contribution >= 4 is 27.5 Å². The van der Waals surface area contributed by atoms with Crippen molar-refractivity contribution < 1.29 is 27.5 Å². The number of anilines is 1. The lowest BCUT2D eigenvalue weighted by atomic mass is 10.1. The van der Waals surface area contributed by atoms with Crippen LogP contribution in [0.3, 0.4) is 0 Å². The topological polar surface area (TPSA) is 105 Å². The smallest absolute Gasteiger partial charge is 0.264 e. The van der Waals surface area contributed by atoms with E-state index in [0.29, 0.717) is 31.1 Å². The Balaban J connectivity index is 2.08. The molecule has 0 radical (unpaired) electrons. The lowest BCUT2D eigenvalue weighted by Crippen LogP contribution is -2.52. The van der Waals surface area contributed by atoms with Crippen molar-refractivity contribution in [3.63, 3.8) is 0 Å². The van der Waals surface area contributed by atoms with E-state index >= 15 is 0 Å². The van der Waals surface area contributed by atoms with Gasteiger partial charge in [0.05, 0.1) is 24.3 Å². The lowest BCUT2D eigenvalue weighted by Gasteiger charge is -2.33. The molecule has 0 saturated heterocycles. The fourth-order valence-corrected chi connectivity index (χ4v) is 6.01. The minimum atomic E-state index is -4.19. The number of benzene rings is 3. The molecule has 42 heavy (non-hydrogen) atoms. The number of hydrogen-bond donors (Lipinski definition) is 1. The molecule has 0 aliphatic heterocycles. The molecule has 0 saturated carbocycles. The highest BCUT2D eigenvalue weighted by Gasteiger charge is 2.34. The summed E-state index contributed by atoms with van der Waals surface area (Å²) in [6.45, 7) is 6.01. The van der Waals surface area contributed by atoms with E-state index in [1.807, 2.05) is 26.0 Å². The number of ether oxygens (including phenoxy) is 2. The number of sulfonamides is 1. The fourth-order valence-electron chi connectivity index (χ4n) is 4.57. The summed E-state index contributed by atoms with van der Waals surface area (Å²) >= 11 is 0. The maximum atomic E-state index is 14.2. The number of nitrogens with one attached hydrogen (secondary N) is 1. The maximum absolute atomic E-state index is 14.2. The van der Waals surface area contributed by atoms with Crippen molar-refractivity contribution in [1.82, 2.24) is 10.2 Å². The molecule has 0 aliphatic carbocycles. The molecule has 3 aromatic rings. The first-order chi connectivity index (χ1) is 20.3. The lowest BCUT2D eigenvalue weighted by molar-refractivity contribution is -0.140. The molecule has 0 heterocycles. The number of unbranched alkanes of at least 4 members (excludes halogenated alkanes) is 1. The molecule has 0 bridgehead atoms. The second kappa shape index (κ2) is 15.8. The molecular formula is C32H41N3O6S. The Morgan fingerprint density at radius 1 is 0.929 bits per heavy atom. The van der Waals surface area contributed by atoms with Crippen LogP contribution in [0, 0.1) is 0 Å². The number of carbonyl (C=O) groups is 2. The van der Waals surface area contributed by atoms with E-state index in [2.05, 4.69) is 5.32 Å². The highest BCUT2D eigenvalue weighted by atomic mass is 32.2. The standard InChI is InChI=1S/C32H41N3O6S/c1-5-8-21-33-32(37)28(6-2)34(23-25-15-14-16-26(22-25)40-4)31(36)24-35(29-19-12-13-20-30(29)41-7-3)42(38,39)27-17-10-9-11-18-27/h9-20,22,28H,5-8,21,23-24H2,1-4H3,(H,33,37)/t28-/m1/s1. The molecule has 9 nitrogen and oxygen atoms in total. The molecule has 1 N–H and O–H groups in total. The SMILES string of the molecule is CCCCNC(=O)[C@@H](CC)N(Cc1cccc(OC)c1)C(=O)CN(c1ccccc1OCC)S(=O)(=O)c1ccccc1. The van der Waals surface area contributed by atoms with Gasteiger partial charge >= 0.3 is 0 Å². The highest BCUT2D eigenvalue weighted by molar-refractivity contribution is 7.92. The second-order valence-corrected chi connectivity index (χ2v) is 11.5. The van der Waals surface area contributed by atoms with Crippen LogP contribution in [0.4, 0.5) is 5.69 Å². The second-order valence-electron chi connectivity index (χ2n) is 9.67. The zero-order chi connectivity index (χ0) is 30.5. The van der Waals surface area contributed by atoms with Gasteiger partial charge in [-0.25, -0.2) is 8.42 Å². The number of carbonyl (C=O) groups excluding carboxylic acids is 2. The fraction of sp³-hybridized carbons (Fsp3) is 0.375. The Kier molecular flexibility index (Phi) is 12.2. The van der Waals surface area contributed by atoms with Crippen LogP contribution in [-0.4, -0.2) is 58.0 Å². The molecule has 0 aromatic heterocycles. The summed E-state index contributed by atoms with van der Waals surface area (Å²) in [5, 5.41) is 2.94. The molecule has 226 valence electrons. The van der Waals surface area contributed by atoms with E-state index in [9.17, 15) is 18.0 Å². The normalized spacial score (nSPS) is 11.8. The summed E-state index contributed by atoms with van der Waals surface area (Å²) < 4.78 is 40.3. The van der Waals surface area contributed by atoms with Crippen LogP contribution in [0.25, 0.3) is 0 Å². The van der Waals surface area contributed by atoms with Crippen molar-refractivity contribution in [2.45, 2.75) is 57.5 Å². The van der Waals surface area contributed by atoms with Gasteiger partial charge in [0.1, 0.15) is 24.1 Å². The molecule has 2 amide bonds. The Morgan fingerprint density at radius 2 is 1.64 bits per heavy atom. The largest absolute Gasteiger partial charge is 0.497 e. The number of amides is 2. The quantitative estimate of drug-likeness (QED) is 0.234. The van der Waals surface area contributed by atoms with Gasteiger partial charge in [0.2, 0.25) is 11.8 Å². The summed E-state index contributed by atoms with van der Waals surface area (Å²) in [6, 6.07) is 21.1. The first kappa shape index (κ1) is 32.5. The van der Waals surface area contributed by atoms with E-state index in [1.165, 1.54) is 17.0 Å². The molecule has 1 atom stereocenters. The Bertz CT molecular complexity index is 1410. The van der Waals surface area contributed by atoms with Gasteiger partial charge in [-0.2, -0.15) is 0 Å². The zero-order valence-corrected chi connectivity index (χ0v) is 25.6. The Labute approximate surface area is 249 Å². The van der Waals surface area contributed by atoms with Crippen LogP contribution in [0.15, 0.2) is 83.8 Å². The van der Waals surface area contributed by atoms with Gasteiger partial charge in [-0.3, -0.25) is 13.9 Å². The third-order valence-electron chi connectivity index (χ3n) is 6.75. The number of hydrogen-bond acceptors (Lipinski definition) is 6. The van der Waals surface area contributed by atoms with Gasteiger partial charge < -0.3 is 19.7 Å². The van der Waals surface area contributed by atoms with E-state index in [1.54, 1.807) is 68.6 Å². The molecule has 0 unspecified atom stereocenters. The van der Waals surface area contributed by atoms with Crippen LogP contribution < -0.4 is 19.1 Å². The number of nitrogens with zero attached hydrogens (tertiary/aromatic N) is 2. The van der Waals surface area contributed by atoms with Gasteiger partial charge in [-0.1, -0.05) is 62.7 Å². The molecule has 3 rings (SSSR count). The van der Waals surface area contributed by atoms with E-state index in [4.69, 9.17) is 9.47 Å². The van der Waals surface area contributed by atoms with Crippen molar-refractivity contribution in [2.24, 2.45) is 0 Å². The third kappa shape index (κ3) is 8.25. The molecule has 0 spiro atoms.